The summed E-state index contributed by atoms with van der Waals surface area (Å²) in [5.41, 5.74) is 2.49. The lowest BCUT2D eigenvalue weighted by Crippen LogP contribution is -2.40. The number of thioether (sulfide) groups is 1. The molecule has 0 bridgehead atoms. The van der Waals surface area contributed by atoms with Crippen LogP contribution in [0.5, 0.6) is 0 Å². The monoisotopic (exact) mass is 381 g/mol. The fraction of sp³-hybridized carbons (Fsp3) is 0.364. The molecule has 0 radical (unpaired) electrons. The lowest BCUT2D eigenvalue weighted by molar-refractivity contribution is 0.0926. The second-order valence-electron chi connectivity index (χ2n) is 7.68. The second-order valence-corrected chi connectivity index (χ2v) is 8.70. The molecule has 0 fully saturated rings. The second kappa shape index (κ2) is 9.59. The Balaban J connectivity index is 2.01. The number of carbonyl (C=O) groups excluding carboxylic acids is 1. The van der Waals surface area contributed by atoms with Gasteiger partial charge in [-0.2, -0.15) is 5.26 Å². The molecule has 0 aliphatic carbocycles. The molecule has 4 nitrogen and oxygen atoms in total. The molecule has 0 aromatic heterocycles. The third kappa shape index (κ3) is 6.74. The van der Waals surface area contributed by atoms with Crippen molar-refractivity contribution in [1.82, 2.24) is 10.2 Å². The van der Waals surface area contributed by atoms with Gasteiger partial charge in [-0.3, -0.25) is 4.79 Å². The van der Waals surface area contributed by atoms with Crippen LogP contribution >= 0.6 is 11.8 Å². The molecule has 142 valence electrons. The predicted octanol–water partition coefficient (Wildman–Crippen LogP) is 4.17. The minimum absolute atomic E-state index is 0.00370. The molecule has 27 heavy (non-hydrogen) atoms. The molecule has 0 aliphatic rings. The third-order valence-corrected chi connectivity index (χ3v) is 5.23. The van der Waals surface area contributed by atoms with Crippen LogP contribution in [0.15, 0.2) is 53.4 Å². The average Bonchev–Trinajstić information content (AvgIpc) is 2.64. The van der Waals surface area contributed by atoms with E-state index >= 15 is 0 Å². The van der Waals surface area contributed by atoms with E-state index in [1.54, 1.807) is 11.8 Å². The molecule has 0 spiro atoms. The molecule has 2 aromatic rings. The van der Waals surface area contributed by atoms with Crippen LogP contribution < -0.4 is 5.32 Å². The van der Waals surface area contributed by atoms with Crippen molar-refractivity contribution in [2.45, 2.75) is 24.5 Å². The molecular formula is C22H27N3OS. The number of benzene rings is 2. The lowest BCUT2D eigenvalue weighted by atomic mass is 9.93. The highest BCUT2D eigenvalue weighted by molar-refractivity contribution is 7.98. The van der Waals surface area contributed by atoms with Gasteiger partial charge in [0.05, 0.1) is 17.2 Å². The minimum Gasteiger partial charge on any atom is -0.351 e. The van der Waals surface area contributed by atoms with Crippen molar-refractivity contribution in [3.05, 3.63) is 65.2 Å². The van der Waals surface area contributed by atoms with E-state index < -0.39 is 0 Å². The number of nitrogens with zero attached hydrogens (tertiary/aromatic N) is 2. The first-order valence-corrected chi connectivity index (χ1v) is 9.93. The first-order chi connectivity index (χ1) is 12.8. The number of rotatable bonds is 8. The SMILES string of the molecule is CN(C)CC(C)(C)CNC(=O)c1ccccc1SCc1ccc(C#N)cc1. The molecule has 1 N–H and O–H groups in total. The van der Waals surface area contributed by atoms with Gasteiger partial charge in [0.1, 0.15) is 0 Å². The first-order valence-electron chi connectivity index (χ1n) is 8.94. The predicted molar refractivity (Wildman–Crippen MR) is 112 cm³/mol. The molecule has 5 heteroatoms. The van der Waals surface area contributed by atoms with Gasteiger partial charge in [-0.15, -0.1) is 11.8 Å². The van der Waals surface area contributed by atoms with E-state index in [9.17, 15) is 4.79 Å². The number of nitrogens with one attached hydrogen (secondary N) is 1. The maximum Gasteiger partial charge on any atom is 0.252 e. The van der Waals surface area contributed by atoms with Gasteiger partial charge in [-0.05, 0) is 49.3 Å². The van der Waals surface area contributed by atoms with E-state index in [0.717, 1.165) is 22.8 Å². The number of carbonyl (C=O) groups is 1. The minimum atomic E-state index is -0.0373. The topological polar surface area (TPSA) is 56.1 Å². The van der Waals surface area contributed by atoms with Crippen LogP contribution in [0.25, 0.3) is 0 Å². The van der Waals surface area contributed by atoms with Gasteiger partial charge in [-0.1, -0.05) is 38.1 Å². The van der Waals surface area contributed by atoms with E-state index in [2.05, 4.69) is 30.1 Å². The summed E-state index contributed by atoms with van der Waals surface area (Å²) >= 11 is 1.63. The summed E-state index contributed by atoms with van der Waals surface area (Å²) in [7, 11) is 4.08. The van der Waals surface area contributed by atoms with E-state index in [-0.39, 0.29) is 11.3 Å². The Labute approximate surface area is 166 Å². The Morgan fingerprint density at radius 3 is 2.44 bits per heavy atom. The van der Waals surface area contributed by atoms with E-state index in [1.165, 1.54) is 0 Å². The Morgan fingerprint density at radius 2 is 1.81 bits per heavy atom. The summed E-state index contributed by atoms with van der Waals surface area (Å²) in [6, 6.07) is 17.4. The Morgan fingerprint density at radius 1 is 1.15 bits per heavy atom. The van der Waals surface area contributed by atoms with Crippen molar-refractivity contribution in [2.24, 2.45) is 5.41 Å². The van der Waals surface area contributed by atoms with Crippen LogP contribution in [0.2, 0.25) is 0 Å². The van der Waals surface area contributed by atoms with Crippen LogP contribution in [-0.4, -0.2) is 38.0 Å². The third-order valence-electron chi connectivity index (χ3n) is 4.08. The van der Waals surface area contributed by atoms with Gasteiger partial charge >= 0.3 is 0 Å². The summed E-state index contributed by atoms with van der Waals surface area (Å²) in [6.45, 7) is 5.83. The molecule has 0 unspecified atom stereocenters. The highest BCUT2D eigenvalue weighted by atomic mass is 32.2. The van der Waals surface area contributed by atoms with Crippen molar-refractivity contribution >= 4 is 17.7 Å². The van der Waals surface area contributed by atoms with E-state index in [0.29, 0.717) is 17.7 Å². The summed E-state index contributed by atoms with van der Waals surface area (Å²) in [5.74, 6) is 0.715. The quantitative estimate of drug-likeness (QED) is 0.697. The average molecular weight is 382 g/mol. The van der Waals surface area contributed by atoms with Crippen molar-refractivity contribution in [2.75, 3.05) is 27.2 Å². The van der Waals surface area contributed by atoms with Gasteiger partial charge < -0.3 is 10.2 Å². The Hall–Kier alpha value is -2.29. The molecule has 2 rings (SSSR count). The smallest absolute Gasteiger partial charge is 0.252 e. The van der Waals surface area contributed by atoms with Crippen LogP contribution in [0, 0.1) is 16.7 Å². The zero-order valence-electron chi connectivity index (χ0n) is 16.5. The molecule has 0 saturated heterocycles. The van der Waals surface area contributed by atoms with Crippen LogP contribution in [0.4, 0.5) is 0 Å². The van der Waals surface area contributed by atoms with E-state index in [4.69, 9.17) is 5.26 Å². The van der Waals surface area contributed by atoms with Crippen LogP contribution in [-0.2, 0) is 5.75 Å². The number of hydrogen-bond donors (Lipinski definition) is 1. The Bertz CT molecular complexity index is 807. The highest BCUT2D eigenvalue weighted by Gasteiger charge is 2.21. The lowest BCUT2D eigenvalue weighted by Gasteiger charge is -2.28. The van der Waals surface area contributed by atoms with Crippen molar-refractivity contribution < 1.29 is 4.79 Å². The molecule has 0 saturated carbocycles. The molecule has 0 heterocycles. The number of hydrogen-bond acceptors (Lipinski definition) is 4. The van der Waals surface area contributed by atoms with E-state index in [1.807, 2.05) is 62.6 Å². The van der Waals surface area contributed by atoms with Gasteiger partial charge in [0.15, 0.2) is 0 Å². The largest absolute Gasteiger partial charge is 0.351 e. The highest BCUT2D eigenvalue weighted by Crippen LogP contribution is 2.26. The van der Waals surface area contributed by atoms with Gasteiger partial charge in [0.2, 0.25) is 0 Å². The molecule has 0 aliphatic heterocycles. The Kier molecular flexibility index (Phi) is 7.46. The summed E-state index contributed by atoms with van der Waals surface area (Å²) in [6.07, 6.45) is 0. The maximum absolute atomic E-state index is 12.7. The molecule has 2 aromatic carbocycles. The zero-order valence-corrected chi connectivity index (χ0v) is 17.3. The standard InChI is InChI=1S/C22H27N3OS/c1-22(2,16-25(3)4)15-24-21(26)19-7-5-6-8-20(19)27-14-18-11-9-17(13-23)10-12-18/h5-12H,14-16H2,1-4H3,(H,24,26). The van der Waals surface area contributed by atoms with Crippen molar-refractivity contribution in [3.63, 3.8) is 0 Å². The zero-order chi connectivity index (χ0) is 19.9. The maximum atomic E-state index is 12.7. The number of nitriles is 1. The molecule has 0 atom stereocenters. The first kappa shape index (κ1) is 21.0. The van der Waals surface area contributed by atoms with Gasteiger partial charge in [0.25, 0.3) is 5.91 Å². The van der Waals surface area contributed by atoms with Crippen molar-refractivity contribution in [1.29, 1.82) is 5.26 Å². The van der Waals surface area contributed by atoms with Gasteiger partial charge in [-0.25, -0.2) is 0 Å². The summed E-state index contributed by atoms with van der Waals surface area (Å²) in [5, 5.41) is 12.0. The molecular weight excluding hydrogens is 354 g/mol. The summed E-state index contributed by atoms with van der Waals surface area (Å²) < 4.78 is 0. The fourth-order valence-electron chi connectivity index (χ4n) is 2.94. The normalized spacial score (nSPS) is 11.3. The van der Waals surface area contributed by atoms with Gasteiger partial charge in [0, 0.05) is 23.7 Å². The van der Waals surface area contributed by atoms with Crippen LogP contribution in [0.1, 0.15) is 35.3 Å². The summed E-state index contributed by atoms with van der Waals surface area (Å²) in [4.78, 5) is 15.8. The number of amides is 1. The fourth-order valence-corrected chi connectivity index (χ4v) is 3.95. The van der Waals surface area contributed by atoms with Crippen LogP contribution in [0.3, 0.4) is 0 Å². The molecule has 1 amide bonds. The van der Waals surface area contributed by atoms with Crippen molar-refractivity contribution in [3.8, 4) is 6.07 Å².